The number of nitrogens with zero attached hydrogens (tertiary/aromatic N) is 3. The highest BCUT2D eigenvalue weighted by molar-refractivity contribution is 7.98. The molecule has 2 heterocycles. The van der Waals surface area contributed by atoms with E-state index in [1.807, 2.05) is 60.9 Å². The van der Waals surface area contributed by atoms with E-state index in [4.69, 9.17) is 11.6 Å². The highest BCUT2D eigenvalue weighted by Crippen LogP contribution is 2.36. The van der Waals surface area contributed by atoms with Gasteiger partial charge in [0.25, 0.3) is 0 Å². The van der Waals surface area contributed by atoms with Crippen molar-refractivity contribution in [3.63, 3.8) is 0 Å². The molecule has 0 saturated heterocycles. The quantitative estimate of drug-likeness (QED) is 0.378. The molecule has 0 unspecified atom stereocenters. The van der Waals surface area contributed by atoms with Gasteiger partial charge in [0.05, 0.1) is 0 Å². The first-order valence-corrected chi connectivity index (χ1v) is 10.4. The van der Waals surface area contributed by atoms with Crippen LogP contribution < -0.4 is 5.32 Å². The Bertz CT molecular complexity index is 1020. The van der Waals surface area contributed by atoms with Gasteiger partial charge in [0.15, 0.2) is 5.01 Å². The van der Waals surface area contributed by atoms with Gasteiger partial charge >= 0.3 is 0 Å². The normalized spacial score (nSPS) is 10.7. The third-order valence-corrected chi connectivity index (χ3v) is 6.05. The summed E-state index contributed by atoms with van der Waals surface area (Å²) >= 11 is 9.25. The topological polar surface area (TPSA) is 50.7 Å². The molecule has 0 amide bonds. The van der Waals surface area contributed by atoms with Gasteiger partial charge in [-0.3, -0.25) is 4.98 Å². The third-order valence-electron chi connectivity index (χ3n) is 3.78. The van der Waals surface area contributed by atoms with Crippen molar-refractivity contribution in [2.75, 3.05) is 5.32 Å². The van der Waals surface area contributed by atoms with Crippen molar-refractivity contribution in [3.8, 4) is 10.6 Å². The van der Waals surface area contributed by atoms with Crippen molar-refractivity contribution < 1.29 is 0 Å². The van der Waals surface area contributed by atoms with Crippen LogP contribution in [0.3, 0.4) is 0 Å². The summed E-state index contributed by atoms with van der Waals surface area (Å²) in [4.78, 5) is 5.25. The van der Waals surface area contributed by atoms with E-state index < -0.39 is 0 Å². The molecule has 0 radical (unpaired) electrons. The summed E-state index contributed by atoms with van der Waals surface area (Å²) in [6, 6.07) is 19.9. The zero-order valence-electron chi connectivity index (χ0n) is 14.2. The molecule has 7 heteroatoms. The lowest BCUT2D eigenvalue weighted by molar-refractivity contribution is 1.09. The molecule has 2 aromatic heterocycles. The Kier molecular flexibility index (Phi) is 5.67. The predicted molar refractivity (Wildman–Crippen MR) is 114 cm³/mol. The first kappa shape index (κ1) is 18.0. The number of rotatable bonds is 6. The van der Waals surface area contributed by atoms with Crippen LogP contribution in [-0.2, 0) is 5.75 Å². The zero-order valence-corrected chi connectivity index (χ0v) is 16.6. The minimum absolute atomic E-state index is 0.707. The van der Waals surface area contributed by atoms with Gasteiger partial charge in [0.2, 0.25) is 5.13 Å². The van der Waals surface area contributed by atoms with Crippen LogP contribution in [-0.4, -0.2) is 15.2 Å². The first-order chi connectivity index (χ1) is 13.3. The monoisotopic (exact) mass is 410 g/mol. The van der Waals surface area contributed by atoms with Crippen molar-refractivity contribution in [3.05, 3.63) is 83.6 Å². The molecule has 4 aromatic rings. The van der Waals surface area contributed by atoms with Crippen LogP contribution in [0, 0.1) is 0 Å². The fraction of sp³-hybridized carbons (Fsp3) is 0.0500. The second kappa shape index (κ2) is 8.52. The minimum atomic E-state index is 0.707. The second-order valence-corrected chi connectivity index (χ2v) is 8.12. The maximum absolute atomic E-state index is 5.93. The Balaban J connectivity index is 1.52. The van der Waals surface area contributed by atoms with Gasteiger partial charge in [-0.15, -0.1) is 22.0 Å². The van der Waals surface area contributed by atoms with Gasteiger partial charge < -0.3 is 5.32 Å². The van der Waals surface area contributed by atoms with Crippen LogP contribution in [0.15, 0.2) is 78.0 Å². The lowest BCUT2D eigenvalue weighted by Gasteiger charge is -2.06. The molecule has 4 rings (SSSR count). The number of benzene rings is 2. The van der Waals surface area contributed by atoms with Crippen molar-refractivity contribution in [1.29, 1.82) is 0 Å². The average Bonchev–Trinajstić information content (AvgIpc) is 3.17. The Morgan fingerprint density at radius 1 is 0.926 bits per heavy atom. The molecule has 0 spiro atoms. The van der Waals surface area contributed by atoms with E-state index in [0.29, 0.717) is 5.02 Å². The standard InChI is InChI=1S/C20H15ClN4S2/c21-15-5-7-16(8-6-15)23-20-25-24-19(27-20)17-3-1-2-4-18(17)26-13-14-9-11-22-12-10-14/h1-12H,13H2,(H,23,25). The van der Waals surface area contributed by atoms with Gasteiger partial charge in [-0.25, -0.2) is 0 Å². The molecule has 134 valence electrons. The summed E-state index contributed by atoms with van der Waals surface area (Å²) in [7, 11) is 0. The van der Waals surface area contributed by atoms with Gasteiger partial charge in [-0.2, -0.15) is 0 Å². The number of thioether (sulfide) groups is 1. The Labute approximate surface area is 170 Å². The highest BCUT2D eigenvalue weighted by Gasteiger charge is 2.11. The summed E-state index contributed by atoms with van der Waals surface area (Å²) in [6.45, 7) is 0. The highest BCUT2D eigenvalue weighted by atomic mass is 35.5. The molecule has 2 aromatic carbocycles. The zero-order chi connectivity index (χ0) is 18.5. The van der Waals surface area contributed by atoms with E-state index in [9.17, 15) is 0 Å². The predicted octanol–water partition coefficient (Wildman–Crippen LogP) is 6.29. The number of hydrogen-bond donors (Lipinski definition) is 1. The number of halogens is 1. The molecule has 0 atom stereocenters. The molecule has 0 fully saturated rings. The van der Waals surface area contributed by atoms with Gasteiger partial charge in [-0.05, 0) is 48.0 Å². The Morgan fingerprint density at radius 3 is 2.52 bits per heavy atom. The second-order valence-electron chi connectivity index (χ2n) is 5.68. The Morgan fingerprint density at radius 2 is 1.70 bits per heavy atom. The first-order valence-electron chi connectivity index (χ1n) is 8.25. The maximum atomic E-state index is 5.93. The van der Waals surface area contributed by atoms with E-state index in [1.165, 1.54) is 21.8 Å². The lowest BCUT2D eigenvalue weighted by Crippen LogP contribution is -1.88. The lowest BCUT2D eigenvalue weighted by atomic mass is 10.2. The summed E-state index contributed by atoms with van der Waals surface area (Å²) in [5.41, 5.74) is 3.27. The summed E-state index contributed by atoms with van der Waals surface area (Å²) in [5.74, 6) is 0.883. The number of pyridine rings is 1. The summed E-state index contributed by atoms with van der Waals surface area (Å²) in [6.07, 6.45) is 3.64. The molecule has 0 saturated carbocycles. The molecule has 1 N–H and O–H groups in total. The van der Waals surface area contributed by atoms with E-state index in [-0.39, 0.29) is 0 Å². The molecular weight excluding hydrogens is 396 g/mol. The van der Waals surface area contributed by atoms with E-state index in [0.717, 1.165) is 27.1 Å². The summed E-state index contributed by atoms with van der Waals surface area (Å²) in [5, 5.41) is 14.3. The Hall–Kier alpha value is -2.41. The van der Waals surface area contributed by atoms with Crippen LogP contribution in [0.5, 0.6) is 0 Å². The molecule has 0 aliphatic heterocycles. The van der Waals surface area contributed by atoms with Crippen molar-refractivity contribution >= 4 is 45.5 Å². The molecule has 27 heavy (non-hydrogen) atoms. The average molecular weight is 411 g/mol. The molecule has 4 nitrogen and oxygen atoms in total. The number of hydrogen-bond acceptors (Lipinski definition) is 6. The van der Waals surface area contributed by atoms with Gasteiger partial charge in [-0.1, -0.05) is 41.1 Å². The van der Waals surface area contributed by atoms with E-state index in [2.05, 4.69) is 32.6 Å². The molecular formula is C20H15ClN4S2. The van der Waals surface area contributed by atoms with Crippen molar-refractivity contribution in [2.45, 2.75) is 10.6 Å². The van der Waals surface area contributed by atoms with Crippen LogP contribution in [0.1, 0.15) is 5.56 Å². The SMILES string of the molecule is Clc1ccc(Nc2nnc(-c3ccccc3SCc3ccncc3)s2)cc1. The van der Waals surface area contributed by atoms with Crippen LogP contribution in [0.25, 0.3) is 10.6 Å². The smallest absolute Gasteiger partial charge is 0.210 e. The largest absolute Gasteiger partial charge is 0.330 e. The minimum Gasteiger partial charge on any atom is -0.330 e. The molecule has 0 aliphatic carbocycles. The number of nitrogens with one attached hydrogen (secondary N) is 1. The van der Waals surface area contributed by atoms with Gasteiger partial charge in [0, 0.05) is 39.3 Å². The van der Waals surface area contributed by atoms with Crippen LogP contribution in [0.4, 0.5) is 10.8 Å². The van der Waals surface area contributed by atoms with Gasteiger partial charge in [0.1, 0.15) is 0 Å². The molecule has 0 aliphatic rings. The number of anilines is 2. The fourth-order valence-corrected chi connectivity index (χ4v) is 4.45. The van der Waals surface area contributed by atoms with E-state index in [1.54, 1.807) is 11.8 Å². The van der Waals surface area contributed by atoms with E-state index >= 15 is 0 Å². The van der Waals surface area contributed by atoms with Crippen molar-refractivity contribution in [2.24, 2.45) is 0 Å². The van der Waals surface area contributed by atoms with Crippen molar-refractivity contribution in [1.82, 2.24) is 15.2 Å². The molecule has 0 bridgehead atoms. The van der Waals surface area contributed by atoms with Crippen LogP contribution >= 0.6 is 34.7 Å². The third kappa shape index (κ3) is 4.66. The number of aromatic nitrogens is 3. The maximum Gasteiger partial charge on any atom is 0.210 e. The van der Waals surface area contributed by atoms with Crippen LogP contribution in [0.2, 0.25) is 5.02 Å². The summed E-state index contributed by atoms with van der Waals surface area (Å²) < 4.78 is 0. The fourth-order valence-electron chi connectivity index (χ4n) is 2.45.